The first kappa shape index (κ1) is 14.7. The maximum absolute atomic E-state index is 9.37. The van der Waals surface area contributed by atoms with E-state index in [2.05, 4.69) is 21.9 Å². The lowest BCUT2D eigenvalue weighted by atomic mass is 10.1. The Balaban J connectivity index is 1.56. The lowest BCUT2D eigenvalue weighted by molar-refractivity contribution is 0.249. The zero-order chi connectivity index (χ0) is 15.4. The maximum atomic E-state index is 9.37. The Bertz CT molecular complexity index is 605. The van der Waals surface area contributed by atoms with Gasteiger partial charge in [-0.2, -0.15) is 0 Å². The van der Waals surface area contributed by atoms with Crippen LogP contribution in [0, 0.1) is 0 Å². The summed E-state index contributed by atoms with van der Waals surface area (Å²) in [6, 6.07) is 15.7. The van der Waals surface area contributed by atoms with E-state index < -0.39 is 0 Å². The first-order chi connectivity index (χ1) is 10.7. The highest BCUT2D eigenvalue weighted by atomic mass is 16.5. The molecule has 1 saturated heterocycles. The van der Waals surface area contributed by atoms with Crippen molar-refractivity contribution in [2.24, 2.45) is 0 Å². The van der Waals surface area contributed by atoms with Gasteiger partial charge in [-0.1, -0.05) is 12.1 Å². The summed E-state index contributed by atoms with van der Waals surface area (Å²) in [4.78, 5) is 4.83. The Morgan fingerprint density at radius 2 is 1.73 bits per heavy atom. The van der Waals surface area contributed by atoms with Gasteiger partial charge in [0.1, 0.15) is 11.5 Å². The van der Waals surface area contributed by atoms with Gasteiger partial charge in [0.2, 0.25) is 0 Å². The number of aromatic hydroxyl groups is 1. The van der Waals surface area contributed by atoms with Gasteiger partial charge in [0.15, 0.2) is 0 Å². The number of phenols is 1. The van der Waals surface area contributed by atoms with Crippen LogP contribution >= 0.6 is 0 Å². The second kappa shape index (κ2) is 6.71. The quantitative estimate of drug-likeness (QED) is 0.941. The van der Waals surface area contributed by atoms with Gasteiger partial charge in [-0.3, -0.25) is 4.90 Å². The van der Waals surface area contributed by atoms with Gasteiger partial charge in [-0.05, 0) is 42.0 Å². The van der Waals surface area contributed by atoms with E-state index in [-0.39, 0.29) is 0 Å². The number of methoxy groups -OCH3 is 1. The van der Waals surface area contributed by atoms with E-state index in [4.69, 9.17) is 4.74 Å². The molecule has 0 saturated carbocycles. The summed E-state index contributed by atoms with van der Waals surface area (Å²) in [5.41, 5.74) is 2.47. The third-order valence-electron chi connectivity index (χ3n) is 4.13. The second-order valence-electron chi connectivity index (χ2n) is 5.63. The number of nitrogens with zero attached hydrogens (tertiary/aromatic N) is 2. The van der Waals surface area contributed by atoms with Crippen LogP contribution in [0.2, 0.25) is 0 Å². The molecule has 0 aliphatic carbocycles. The Kier molecular flexibility index (Phi) is 4.49. The minimum absolute atomic E-state index is 0.320. The van der Waals surface area contributed by atoms with Gasteiger partial charge in [-0.25, -0.2) is 0 Å². The first-order valence-corrected chi connectivity index (χ1v) is 7.64. The van der Waals surface area contributed by atoms with Gasteiger partial charge in [0.05, 0.1) is 7.11 Å². The molecule has 4 heteroatoms. The fraction of sp³-hybridized carbons (Fsp3) is 0.333. The highest BCUT2D eigenvalue weighted by molar-refractivity contribution is 5.49. The molecule has 0 aromatic heterocycles. The van der Waals surface area contributed by atoms with E-state index in [1.54, 1.807) is 19.2 Å². The lowest BCUT2D eigenvalue weighted by Crippen LogP contribution is -2.45. The van der Waals surface area contributed by atoms with E-state index in [9.17, 15) is 5.11 Å². The van der Waals surface area contributed by atoms with Crippen LogP contribution in [0.4, 0.5) is 5.69 Å². The number of rotatable bonds is 4. The third kappa shape index (κ3) is 3.52. The standard InChI is InChI=1S/C18H22N2O2/c1-22-18-4-2-3-15(13-18)14-19-9-11-20(12-10-19)16-5-7-17(21)8-6-16/h2-8,13,21H,9-12,14H2,1H3. The number of piperazine rings is 1. The van der Waals surface area contributed by atoms with E-state index in [1.807, 2.05) is 24.3 Å². The van der Waals surface area contributed by atoms with Crippen LogP contribution in [0.5, 0.6) is 11.5 Å². The number of hydrogen-bond donors (Lipinski definition) is 1. The number of ether oxygens (including phenoxy) is 1. The average molecular weight is 298 g/mol. The summed E-state index contributed by atoms with van der Waals surface area (Å²) in [7, 11) is 1.70. The normalized spacial score (nSPS) is 15.8. The molecule has 116 valence electrons. The van der Waals surface area contributed by atoms with Gasteiger partial charge in [-0.15, -0.1) is 0 Å². The van der Waals surface area contributed by atoms with Crippen LogP contribution in [0.3, 0.4) is 0 Å². The number of benzene rings is 2. The van der Waals surface area contributed by atoms with Crippen LogP contribution in [0.1, 0.15) is 5.56 Å². The Labute approximate surface area is 131 Å². The molecule has 1 aliphatic rings. The van der Waals surface area contributed by atoms with Crippen molar-refractivity contribution in [2.45, 2.75) is 6.54 Å². The molecule has 0 radical (unpaired) electrons. The van der Waals surface area contributed by atoms with Gasteiger partial charge in [0, 0.05) is 38.4 Å². The fourth-order valence-electron chi connectivity index (χ4n) is 2.86. The fourth-order valence-corrected chi connectivity index (χ4v) is 2.86. The minimum Gasteiger partial charge on any atom is -0.508 e. The molecule has 1 aliphatic heterocycles. The molecule has 0 atom stereocenters. The van der Waals surface area contributed by atoms with Crippen molar-refractivity contribution in [2.75, 3.05) is 38.2 Å². The summed E-state index contributed by atoms with van der Waals surface area (Å²) < 4.78 is 5.28. The third-order valence-corrected chi connectivity index (χ3v) is 4.13. The van der Waals surface area contributed by atoms with Crippen molar-refractivity contribution in [3.05, 3.63) is 54.1 Å². The van der Waals surface area contributed by atoms with Crippen molar-refractivity contribution in [1.29, 1.82) is 0 Å². The average Bonchev–Trinajstić information content (AvgIpc) is 2.57. The van der Waals surface area contributed by atoms with Crippen molar-refractivity contribution in [1.82, 2.24) is 4.90 Å². The highest BCUT2D eigenvalue weighted by Gasteiger charge is 2.17. The Morgan fingerprint density at radius 1 is 1.00 bits per heavy atom. The van der Waals surface area contributed by atoms with Crippen molar-refractivity contribution in [3.8, 4) is 11.5 Å². The molecule has 1 fully saturated rings. The minimum atomic E-state index is 0.320. The highest BCUT2D eigenvalue weighted by Crippen LogP contribution is 2.21. The smallest absolute Gasteiger partial charge is 0.119 e. The summed E-state index contributed by atoms with van der Waals surface area (Å²) in [5.74, 6) is 1.24. The predicted molar refractivity (Wildman–Crippen MR) is 88.6 cm³/mol. The van der Waals surface area contributed by atoms with Crippen molar-refractivity contribution >= 4 is 5.69 Å². The molecule has 1 heterocycles. The van der Waals surface area contributed by atoms with Crippen molar-refractivity contribution < 1.29 is 9.84 Å². The molecule has 22 heavy (non-hydrogen) atoms. The van der Waals surface area contributed by atoms with E-state index in [1.165, 1.54) is 11.3 Å². The summed E-state index contributed by atoms with van der Waals surface area (Å²) in [5, 5.41) is 9.37. The second-order valence-corrected chi connectivity index (χ2v) is 5.63. The van der Waals surface area contributed by atoms with Crippen LogP contribution in [-0.2, 0) is 6.54 Å². The molecular formula is C18H22N2O2. The molecule has 3 rings (SSSR count). The van der Waals surface area contributed by atoms with Gasteiger partial charge in [0.25, 0.3) is 0 Å². The predicted octanol–water partition coefficient (Wildman–Crippen LogP) is 2.72. The lowest BCUT2D eigenvalue weighted by Gasteiger charge is -2.36. The maximum Gasteiger partial charge on any atom is 0.119 e. The first-order valence-electron chi connectivity index (χ1n) is 7.64. The number of phenolic OH excluding ortho intramolecular Hbond substituents is 1. The molecule has 0 spiro atoms. The van der Waals surface area contributed by atoms with E-state index >= 15 is 0 Å². The number of anilines is 1. The van der Waals surface area contributed by atoms with Crippen LogP contribution < -0.4 is 9.64 Å². The monoisotopic (exact) mass is 298 g/mol. The largest absolute Gasteiger partial charge is 0.508 e. The molecule has 4 nitrogen and oxygen atoms in total. The number of hydrogen-bond acceptors (Lipinski definition) is 4. The zero-order valence-corrected chi connectivity index (χ0v) is 12.9. The van der Waals surface area contributed by atoms with Crippen molar-refractivity contribution in [3.63, 3.8) is 0 Å². The molecule has 2 aromatic carbocycles. The molecule has 1 N–H and O–H groups in total. The molecule has 0 amide bonds. The van der Waals surface area contributed by atoms with Gasteiger partial charge >= 0.3 is 0 Å². The molecule has 0 unspecified atom stereocenters. The Hall–Kier alpha value is -2.20. The Morgan fingerprint density at radius 3 is 2.41 bits per heavy atom. The molecule has 0 bridgehead atoms. The van der Waals surface area contributed by atoms with Gasteiger partial charge < -0.3 is 14.7 Å². The summed E-state index contributed by atoms with van der Waals surface area (Å²) >= 11 is 0. The van der Waals surface area contributed by atoms with E-state index in [0.717, 1.165) is 38.5 Å². The molecular weight excluding hydrogens is 276 g/mol. The van der Waals surface area contributed by atoms with E-state index in [0.29, 0.717) is 5.75 Å². The summed E-state index contributed by atoms with van der Waals surface area (Å²) in [6.07, 6.45) is 0. The summed E-state index contributed by atoms with van der Waals surface area (Å²) in [6.45, 7) is 5.06. The SMILES string of the molecule is COc1cccc(CN2CCN(c3ccc(O)cc3)CC2)c1. The zero-order valence-electron chi connectivity index (χ0n) is 12.9. The van der Waals surface area contributed by atoms with Crippen LogP contribution in [-0.4, -0.2) is 43.3 Å². The topological polar surface area (TPSA) is 35.9 Å². The van der Waals surface area contributed by atoms with Crippen LogP contribution in [0.25, 0.3) is 0 Å². The molecule has 2 aromatic rings. The van der Waals surface area contributed by atoms with Crippen LogP contribution in [0.15, 0.2) is 48.5 Å².